The third-order valence-electron chi connectivity index (χ3n) is 6.40. The lowest BCUT2D eigenvalue weighted by Gasteiger charge is -2.38. The number of hydrogen-bond donors (Lipinski definition) is 0. The summed E-state index contributed by atoms with van der Waals surface area (Å²) in [4.78, 5) is 26.9. The molecule has 0 saturated carbocycles. The van der Waals surface area contributed by atoms with Crippen LogP contribution >= 0.6 is 0 Å². The second kappa shape index (κ2) is 10.1. The van der Waals surface area contributed by atoms with Gasteiger partial charge in [-0.15, -0.1) is 0 Å². The van der Waals surface area contributed by atoms with Gasteiger partial charge < -0.3 is 9.80 Å². The van der Waals surface area contributed by atoms with Crippen LogP contribution in [0.3, 0.4) is 0 Å². The molecule has 0 aliphatic carbocycles. The smallest absolute Gasteiger partial charge is 0.230 e. The minimum atomic E-state index is -0.238. The molecule has 172 valence electrons. The summed E-state index contributed by atoms with van der Waals surface area (Å²) in [5.74, 6) is 1.52. The molecule has 1 aromatic heterocycles. The van der Waals surface area contributed by atoms with Gasteiger partial charge in [-0.25, -0.2) is 14.4 Å². The van der Waals surface area contributed by atoms with E-state index in [-0.39, 0.29) is 17.6 Å². The van der Waals surface area contributed by atoms with Crippen molar-refractivity contribution in [2.24, 2.45) is 0 Å². The van der Waals surface area contributed by atoms with Gasteiger partial charge in [-0.1, -0.05) is 49.4 Å². The highest BCUT2D eigenvalue weighted by molar-refractivity contribution is 5.84. The van der Waals surface area contributed by atoms with Gasteiger partial charge in [0, 0.05) is 43.9 Å². The van der Waals surface area contributed by atoms with E-state index in [1.807, 2.05) is 61.2 Å². The maximum absolute atomic E-state index is 13.4. The molecule has 33 heavy (non-hydrogen) atoms. The van der Waals surface area contributed by atoms with Gasteiger partial charge in [-0.05, 0) is 43.5 Å². The molecule has 3 aromatic rings. The predicted molar refractivity (Wildman–Crippen MR) is 129 cm³/mol. The lowest BCUT2D eigenvalue weighted by Crippen LogP contribution is -2.50. The van der Waals surface area contributed by atoms with Crippen LogP contribution in [0.15, 0.2) is 54.6 Å². The monoisotopic (exact) mass is 446 g/mol. The highest BCUT2D eigenvalue weighted by Crippen LogP contribution is 2.27. The van der Waals surface area contributed by atoms with Gasteiger partial charge in [-0.3, -0.25) is 4.79 Å². The molecular formula is C27H31FN4O. The number of hydrogen-bond acceptors (Lipinski definition) is 4. The summed E-state index contributed by atoms with van der Waals surface area (Å²) >= 11 is 0. The van der Waals surface area contributed by atoms with Crippen LogP contribution in [-0.2, 0) is 11.2 Å². The maximum atomic E-state index is 13.4. The minimum absolute atomic E-state index is 0.102. The molecular weight excluding hydrogens is 415 g/mol. The third-order valence-corrected chi connectivity index (χ3v) is 6.40. The molecule has 1 fully saturated rings. The van der Waals surface area contributed by atoms with Crippen LogP contribution in [0.2, 0.25) is 0 Å². The van der Waals surface area contributed by atoms with Gasteiger partial charge in [0.2, 0.25) is 5.91 Å². The van der Waals surface area contributed by atoms with Crippen molar-refractivity contribution in [3.05, 3.63) is 88.6 Å². The van der Waals surface area contributed by atoms with Crippen LogP contribution in [0.4, 0.5) is 10.2 Å². The number of benzene rings is 2. The number of rotatable bonds is 6. The predicted octanol–water partition coefficient (Wildman–Crippen LogP) is 4.67. The Morgan fingerprint density at radius 2 is 1.64 bits per heavy atom. The number of aryl methyl sites for hydroxylation is 2. The molecule has 0 N–H and O–H groups in total. The van der Waals surface area contributed by atoms with E-state index in [1.54, 1.807) is 0 Å². The molecule has 0 radical (unpaired) electrons. The van der Waals surface area contributed by atoms with Gasteiger partial charge >= 0.3 is 0 Å². The molecule has 1 aliphatic rings. The number of amides is 1. The van der Waals surface area contributed by atoms with Crippen molar-refractivity contribution in [2.75, 3.05) is 31.1 Å². The first kappa shape index (κ1) is 22.9. The van der Waals surface area contributed by atoms with E-state index in [4.69, 9.17) is 4.98 Å². The largest absolute Gasteiger partial charge is 0.353 e. The lowest BCUT2D eigenvalue weighted by molar-refractivity contribution is -0.133. The lowest BCUT2D eigenvalue weighted by atomic mass is 9.94. The van der Waals surface area contributed by atoms with Crippen molar-refractivity contribution in [1.29, 1.82) is 0 Å². The molecule has 5 nitrogen and oxygen atoms in total. The normalized spacial score (nSPS) is 14.9. The van der Waals surface area contributed by atoms with Crippen LogP contribution in [-0.4, -0.2) is 47.0 Å². The number of carbonyl (C=O) groups is 1. The van der Waals surface area contributed by atoms with Crippen LogP contribution in [0, 0.1) is 19.7 Å². The fourth-order valence-corrected chi connectivity index (χ4v) is 4.59. The van der Waals surface area contributed by atoms with Crippen LogP contribution < -0.4 is 4.90 Å². The molecule has 2 heterocycles. The van der Waals surface area contributed by atoms with Crippen molar-refractivity contribution in [3.63, 3.8) is 0 Å². The summed E-state index contributed by atoms with van der Waals surface area (Å²) in [5.41, 5.74) is 4.10. The first-order valence-electron chi connectivity index (χ1n) is 11.6. The molecule has 2 aromatic carbocycles. The Bertz CT molecular complexity index is 1090. The summed E-state index contributed by atoms with van der Waals surface area (Å²) in [6.45, 7) is 8.76. The number of nitrogens with zero attached hydrogens (tertiary/aromatic N) is 4. The van der Waals surface area contributed by atoms with E-state index in [9.17, 15) is 9.18 Å². The third kappa shape index (κ3) is 5.21. The van der Waals surface area contributed by atoms with Crippen LogP contribution in [0.5, 0.6) is 0 Å². The fourth-order valence-electron chi connectivity index (χ4n) is 4.59. The Balaban J connectivity index is 1.50. The molecule has 1 saturated heterocycles. The zero-order valence-electron chi connectivity index (χ0n) is 19.6. The standard InChI is InChI=1S/C27H31FN4O/c1-4-24(22-8-6-5-7-9-22)27(33)32-16-14-31(15-17-32)26-25(19(2)29-20(3)30-26)18-21-10-12-23(28)13-11-21/h5-13,24H,4,14-18H2,1-3H3/t24-/m0/s1. The summed E-state index contributed by atoms with van der Waals surface area (Å²) in [5, 5.41) is 0. The maximum Gasteiger partial charge on any atom is 0.230 e. The minimum Gasteiger partial charge on any atom is -0.353 e. The number of anilines is 1. The first-order valence-corrected chi connectivity index (χ1v) is 11.6. The topological polar surface area (TPSA) is 49.3 Å². The fraction of sp³-hybridized carbons (Fsp3) is 0.370. The number of aromatic nitrogens is 2. The zero-order chi connectivity index (χ0) is 23.4. The highest BCUT2D eigenvalue weighted by Gasteiger charge is 2.29. The van der Waals surface area contributed by atoms with Gasteiger partial charge in [0.1, 0.15) is 17.5 Å². The number of piperazine rings is 1. The molecule has 1 aliphatic heterocycles. The average Bonchev–Trinajstić information content (AvgIpc) is 2.83. The van der Waals surface area contributed by atoms with Gasteiger partial charge in [-0.2, -0.15) is 0 Å². The first-order chi connectivity index (χ1) is 16.0. The highest BCUT2D eigenvalue weighted by atomic mass is 19.1. The second-order valence-electron chi connectivity index (χ2n) is 8.65. The quantitative estimate of drug-likeness (QED) is 0.552. The molecule has 4 rings (SSSR count). The van der Waals surface area contributed by atoms with Crippen molar-refractivity contribution in [3.8, 4) is 0 Å². The van der Waals surface area contributed by atoms with E-state index in [2.05, 4.69) is 16.8 Å². The van der Waals surface area contributed by atoms with Crippen molar-refractivity contribution in [1.82, 2.24) is 14.9 Å². The Labute approximate surface area is 195 Å². The number of carbonyl (C=O) groups excluding carboxylic acids is 1. The van der Waals surface area contributed by atoms with E-state index >= 15 is 0 Å². The molecule has 0 spiro atoms. The van der Waals surface area contributed by atoms with Crippen LogP contribution in [0.25, 0.3) is 0 Å². The van der Waals surface area contributed by atoms with Crippen molar-refractivity contribution >= 4 is 11.7 Å². The Morgan fingerprint density at radius 3 is 2.27 bits per heavy atom. The van der Waals surface area contributed by atoms with Crippen molar-refractivity contribution < 1.29 is 9.18 Å². The van der Waals surface area contributed by atoms with E-state index in [0.29, 0.717) is 19.5 Å². The van der Waals surface area contributed by atoms with Gasteiger partial charge in [0.25, 0.3) is 0 Å². The SMILES string of the molecule is CC[C@H](C(=O)N1CCN(c2nc(C)nc(C)c2Cc2ccc(F)cc2)CC1)c1ccccc1. The van der Waals surface area contributed by atoms with Gasteiger partial charge in [0.15, 0.2) is 0 Å². The summed E-state index contributed by atoms with van der Waals surface area (Å²) < 4.78 is 13.4. The molecule has 1 atom stereocenters. The molecule has 0 unspecified atom stereocenters. The van der Waals surface area contributed by atoms with Crippen LogP contribution in [0.1, 0.15) is 47.5 Å². The summed E-state index contributed by atoms with van der Waals surface area (Å²) in [6.07, 6.45) is 1.43. The summed E-state index contributed by atoms with van der Waals surface area (Å²) in [6, 6.07) is 16.6. The second-order valence-corrected chi connectivity index (χ2v) is 8.65. The number of halogens is 1. The molecule has 6 heteroatoms. The van der Waals surface area contributed by atoms with E-state index < -0.39 is 0 Å². The zero-order valence-corrected chi connectivity index (χ0v) is 19.6. The summed E-state index contributed by atoms with van der Waals surface area (Å²) in [7, 11) is 0. The van der Waals surface area contributed by atoms with E-state index in [0.717, 1.165) is 53.5 Å². The average molecular weight is 447 g/mol. The van der Waals surface area contributed by atoms with E-state index in [1.165, 1.54) is 12.1 Å². The Kier molecular flexibility index (Phi) is 7.02. The Hall–Kier alpha value is -3.28. The van der Waals surface area contributed by atoms with Crippen molar-refractivity contribution in [2.45, 2.75) is 39.5 Å². The molecule has 0 bridgehead atoms. The molecule has 1 amide bonds. The Morgan fingerprint density at radius 1 is 0.970 bits per heavy atom. The van der Waals surface area contributed by atoms with Gasteiger partial charge in [0.05, 0.1) is 5.92 Å².